The Bertz CT molecular complexity index is 395. The summed E-state index contributed by atoms with van der Waals surface area (Å²) in [5.41, 5.74) is 8.03. The van der Waals surface area contributed by atoms with E-state index in [1.165, 1.54) is 16.1 Å². The van der Waals surface area contributed by atoms with Gasteiger partial charge in [0.15, 0.2) is 0 Å². The number of hydrogen-bond donors (Lipinski definition) is 1. The lowest BCUT2D eigenvalue weighted by atomic mass is 10.1. The predicted octanol–water partition coefficient (Wildman–Crippen LogP) is 2.91. The molecule has 0 saturated carbocycles. The maximum absolute atomic E-state index is 6.32. The van der Waals surface area contributed by atoms with Gasteiger partial charge in [-0.15, -0.1) is 11.8 Å². The van der Waals surface area contributed by atoms with Crippen LogP contribution in [0.25, 0.3) is 0 Å². The number of hydrogen-bond acceptors (Lipinski definition) is 3. The second-order valence-electron chi connectivity index (χ2n) is 4.25. The Labute approximate surface area is 106 Å². The summed E-state index contributed by atoms with van der Waals surface area (Å²) in [4.78, 5) is 3.57. The molecule has 0 radical (unpaired) electrons. The van der Waals surface area contributed by atoms with Gasteiger partial charge in [-0.25, -0.2) is 0 Å². The molecule has 1 aliphatic rings. The SMILES string of the molecule is Cc1cc(Cl)c2c(c1)SCC(CCN)N2C. The van der Waals surface area contributed by atoms with Crippen molar-refractivity contribution in [1.82, 2.24) is 0 Å². The van der Waals surface area contributed by atoms with Crippen LogP contribution in [-0.4, -0.2) is 25.4 Å². The number of nitrogens with two attached hydrogens (primary N) is 1. The minimum absolute atomic E-state index is 0.503. The van der Waals surface area contributed by atoms with Gasteiger partial charge in [0, 0.05) is 23.7 Å². The van der Waals surface area contributed by atoms with Crippen LogP contribution in [0.4, 0.5) is 5.69 Å². The highest BCUT2D eigenvalue weighted by atomic mass is 35.5. The van der Waals surface area contributed by atoms with Crippen LogP contribution in [0.15, 0.2) is 17.0 Å². The Morgan fingerprint density at radius 1 is 1.56 bits per heavy atom. The van der Waals surface area contributed by atoms with E-state index < -0.39 is 0 Å². The van der Waals surface area contributed by atoms with E-state index in [0.717, 1.165) is 23.7 Å². The number of aryl methyl sites for hydroxylation is 1. The second-order valence-corrected chi connectivity index (χ2v) is 5.72. The van der Waals surface area contributed by atoms with Gasteiger partial charge in [-0.1, -0.05) is 11.6 Å². The summed E-state index contributed by atoms with van der Waals surface area (Å²) in [6, 6.07) is 4.74. The Kier molecular flexibility index (Phi) is 3.67. The van der Waals surface area contributed by atoms with Crippen molar-refractivity contribution < 1.29 is 0 Å². The molecule has 0 aliphatic carbocycles. The van der Waals surface area contributed by atoms with E-state index in [2.05, 4.69) is 24.9 Å². The van der Waals surface area contributed by atoms with E-state index in [9.17, 15) is 0 Å². The quantitative estimate of drug-likeness (QED) is 0.882. The number of fused-ring (bicyclic) bond motifs is 1. The molecule has 1 heterocycles. The minimum Gasteiger partial charge on any atom is -0.369 e. The molecule has 0 fully saturated rings. The molecule has 1 aromatic rings. The lowest BCUT2D eigenvalue weighted by Gasteiger charge is -2.36. The number of rotatable bonds is 2. The molecule has 0 bridgehead atoms. The normalized spacial score (nSPS) is 19.8. The molecule has 2 nitrogen and oxygen atoms in total. The van der Waals surface area contributed by atoms with Crippen LogP contribution in [0.5, 0.6) is 0 Å². The number of thioether (sulfide) groups is 1. The van der Waals surface area contributed by atoms with E-state index in [4.69, 9.17) is 17.3 Å². The molecule has 4 heteroatoms. The highest BCUT2D eigenvalue weighted by Crippen LogP contribution is 2.42. The number of benzene rings is 1. The molecule has 16 heavy (non-hydrogen) atoms. The van der Waals surface area contributed by atoms with Crippen molar-refractivity contribution in [3.05, 3.63) is 22.7 Å². The molecular weight excluding hydrogens is 240 g/mol. The molecule has 0 spiro atoms. The molecule has 0 amide bonds. The zero-order valence-corrected chi connectivity index (χ0v) is 11.2. The number of nitrogens with zero attached hydrogens (tertiary/aromatic N) is 1. The van der Waals surface area contributed by atoms with E-state index in [1.54, 1.807) is 0 Å². The highest BCUT2D eigenvalue weighted by molar-refractivity contribution is 7.99. The fraction of sp³-hybridized carbons (Fsp3) is 0.500. The minimum atomic E-state index is 0.503. The maximum atomic E-state index is 6.32. The third kappa shape index (κ3) is 2.17. The standard InChI is InChI=1S/C12H17ClN2S/c1-8-5-10(13)12-11(6-8)16-7-9(3-4-14)15(12)2/h5-6,9H,3-4,7,14H2,1-2H3. The van der Waals surface area contributed by atoms with Crippen LogP contribution in [0.2, 0.25) is 5.02 Å². The molecule has 0 aromatic heterocycles. The molecule has 1 unspecified atom stereocenters. The van der Waals surface area contributed by atoms with Crippen LogP contribution in [0, 0.1) is 6.92 Å². The summed E-state index contributed by atoms with van der Waals surface area (Å²) in [5.74, 6) is 1.10. The molecule has 2 N–H and O–H groups in total. The van der Waals surface area contributed by atoms with Crippen molar-refractivity contribution >= 4 is 29.1 Å². The fourth-order valence-corrected chi connectivity index (χ4v) is 3.99. The molecule has 2 rings (SSSR count). The maximum Gasteiger partial charge on any atom is 0.0694 e. The third-order valence-electron chi connectivity index (χ3n) is 3.00. The van der Waals surface area contributed by atoms with Crippen LogP contribution in [0.3, 0.4) is 0 Å². The topological polar surface area (TPSA) is 29.3 Å². The average molecular weight is 257 g/mol. The number of halogens is 1. The largest absolute Gasteiger partial charge is 0.369 e. The van der Waals surface area contributed by atoms with E-state index in [-0.39, 0.29) is 0 Å². The van der Waals surface area contributed by atoms with Gasteiger partial charge in [-0.2, -0.15) is 0 Å². The van der Waals surface area contributed by atoms with Gasteiger partial charge in [0.05, 0.1) is 10.7 Å². The molecule has 88 valence electrons. The van der Waals surface area contributed by atoms with Gasteiger partial charge in [0.25, 0.3) is 0 Å². The Morgan fingerprint density at radius 2 is 2.31 bits per heavy atom. The summed E-state index contributed by atoms with van der Waals surface area (Å²) in [6.07, 6.45) is 1.02. The summed E-state index contributed by atoms with van der Waals surface area (Å²) in [7, 11) is 2.11. The molecule has 1 atom stereocenters. The van der Waals surface area contributed by atoms with Crippen molar-refractivity contribution in [3.63, 3.8) is 0 Å². The smallest absolute Gasteiger partial charge is 0.0694 e. The Balaban J connectivity index is 2.36. The molecule has 1 aromatic carbocycles. The van der Waals surface area contributed by atoms with Crippen LogP contribution in [0.1, 0.15) is 12.0 Å². The molecule has 1 aliphatic heterocycles. The first-order valence-corrected chi connectivity index (χ1v) is 6.85. The Morgan fingerprint density at radius 3 is 3.00 bits per heavy atom. The monoisotopic (exact) mass is 256 g/mol. The summed E-state index contributed by atoms with van der Waals surface area (Å²) in [5, 5.41) is 0.853. The third-order valence-corrected chi connectivity index (χ3v) is 4.47. The zero-order valence-electron chi connectivity index (χ0n) is 9.66. The van der Waals surface area contributed by atoms with Gasteiger partial charge >= 0.3 is 0 Å². The van der Waals surface area contributed by atoms with Gasteiger partial charge in [0.1, 0.15) is 0 Å². The lowest BCUT2D eigenvalue weighted by molar-refractivity contribution is 0.633. The van der Waals surface area contributed by atoms with Crippen molar-refractivity contribution in [2.75, 3.05) is 24.2 Å². The fourth-order valence-electron chi connectivity index (χ4n) is 2.10. The van der Waals surface area contributed by atoms with Gasteiger partial charge in [0.2, 0.25) is 0 Å². The van der Waals surface area contributed by atoms with Gasteiger partial charge < -0.3 is 10.6 Å². The first-order chi connectivity index (χ1) is 7.63. The highest BCUT2D eigenvalue weighted by Gasteiger charge is 2.25. The summed E-state index contributed by atoms with van der Waals surface area (Å²) >= 11 is 8.21. The Hall–Kier alpha value is -0.380. The summed E-state index contributed by atoms with van der Waals surface area (Å²) < 4.78 is 0. The van der Waals surface area contributed by atoms with Crippen LogP contribution >= 0.6 is 23.4 Å². The molecule has 0 saturated heterocycles. The lowest BCUT2D eigenvalue weighted by Crippen LogP contribution is -2.38. The van der Waals surface area contributed by atoms with Crippen molar-refractivity contribution in [2.45, 2.75) is 24.3 Å². The van der Waals surface area contributed by atoms with Crippen molar-refractivity contribution in [2.24, 2.45) is 5.73 Å². The van der Waals surface area contributed by atoms with Crippen molar-refractivity contribution in [1.29, 1.82) is 0 Å². The van der Waals surface area contributed by atoms with Crippen molar-refractivity contribution in [3.8, 4) is 0 Å². The van der Waals surface area contributed by atoms with Crippen LogP contribution in [-0.2, 0) is 0 Å². The van der Waals surface area contributed by atoms with E-state index in [1.807, 2.05) is 17.8 Å². The average Bonchev–Trinajstić information content (AvgIpc) is 2.21. The van der Waals surface area contributed by atoms with E-state index in [0.29, 0.717) is 6.04 Å². The second kappa shape index (κ2) is 4.86. The van der Waals surface area contributed by atoms with Crippen LogP contribution < -0.4 is 10.6 Å². The first kappa shape index (κ1) is 12.1. The summed E-state index contributed by atoms with van der Waals surface area (Å²) in [6.45, 7) is 2.81. The van der Waals surface area contributed by atoms with Gasteiger partial charge in [-0.05, 0) is 37.6 Å². The predicted molar refractivity (Wildman–Crippen MR) is 72.8 cm³/mol. The van der Waals surface area contributed by atoms with Gasteiger partial charge in [-0.3, -0.25) is 0 Å². The zero-order chi connectivity index (χ0) is 11.7. The molecular formula is C12H17ClN2S. The van der Waals surface area contributed by atoms with E-state index >= 15 is 0 Å². The first-order valence-electron chi connectivity index (χ1n) is 5.49. The number of anilines is 1.